The third kappa shape index (κ3) is 4.02. The van der Waals surface area contributed by atoms with E-state index in [4.69, 9.17) is 0 Å². The standard InChI is InChI=1S/C19H20FN7O2/c1-12(21-8-13-2-4-14(20)5-3-13)17-18(28)19(29)27-7-6-26(11-16(27)23-17)10-15-9-22-25-24-15/h2-5,9,21,28H,1,6-8,10-11H2,(H,22,24,25). The minimum atomic E-state index is -0.490. The lowest BCUT2D eigenvalue weighted by molar-refractivity contribution is 0.199. The lowest BCUT2D eigenvalue weighted by Crippen LogP contribution is -2.40. The third-order valence-corrected chi connectivity index (χ3v) is 4.78. The van der Waals surface area contributed by atoms with Crippen LogP contribution in [0.5, 0.6) is 5.75 Å². The van der Waals surface area contributed by atoms with Gasteiger partial charge >= 0.3 is 0 Å². The SMILES string of the molecule is C=C(NCc1ccc(F)cc1)c1nc2n(c(=O)c1O)CCN(Cc1cn[nH]n1)C2. The molecule has 0 saturated carbocycles. The maximum Gasteiger partial charge on any atom is 0.296 e. The number of nitrogens with zero attached hydrogens (tertiary/aromatic N) is 5. The molecule has 0 saturated heterocycles. The summed E-state index contributed by atoms with van der Waals surface area (Å²) in [7, 11) is 0. The molecule has 3 heterocycles. The highest BCUT2D eigenvalue weighted by Gasteiger charge is 2.24. The van der Waals surface area contributed by atoms with Gasteiger partial charge in [0.25, 0.3) is 5.56 Å². The fourth-order valence-corrected chi connectivity index (χ4v) is 3.23. The number of hydrogen-bond acceptors (Lipinski definition) is 7. The second kappa shape index (κ2) is 7.84. The van der Waals surface area contributed by atoms with Gasteiger partial charge in [-0.3, -0.25) is 14.3 Å². The summed E-state index contributed by atoms with van der Waals surface area (Å²) >= 11 is 0. The summed E-state index contributed by atoms with van der Waals surface area (Å²) in [6.07, 6.45) is 1.65. The molecule has 0 fully saturated rings. The molecule has 0 unspecified atom stereocenters. The Morgan fingerprint density at radius 3 is 2.83 bits per heavy atom. The van der Waals surface area contributed by atoms with Crippen LogP contribution >= 0.6 is 0 Å². The van der Waals surface area contributed by atoms with E-state index in [-0.39, 0.29) is 11.5 Å². The lowest BCUT2D eigenvalue weighted by atomic mass is 10.2. The van der Waals surface area contributed by atoms with E-state index in [2.05, 4.69) is 37.2 Å². The van der Waals surface area contributed by atoms with E-state index < -0.39 is 11.3 Å². The van der Waals surface area contributed by atoms with Crippen molar-refractivity contribution in [2.45, 2.75) is 26.2 Å². The van der Waals surface area contributed by atoms with Gasteiger partial charge in [-0.2, -0.15) is 15.4 Å². The molecule has 0 amide bonds. The number of hydrogen-bond donors (Lipinski definition) is 3. The van der Waals surface area contributed by atoms with Crippen molar-refractivity contribution in [3.8, 4) is 5.75 Å². The fraction of sp³-hybridized carbons (Fsp3) is 0.263. The molecular weight excluding hydrogens is 377 g/mol. The van der Waals surface area contributed by atoms with Crippen LogP contribution in [0.25, 0.3) is 5.70 Å². The molecule has 1 aromatic carbocycles. The molecule has 1 aliphatic heterocycles. The number of halogens is 1. The fourth-order valence-electron chi connectivity index (χ4n) is 3.23. The Balaban J connectivity index is 1.52. The molecule has 0 atom stereocenters. The Bertz CT molecular complexity index is 1080. The summed E-state index contributed by atoms with van der Waals surface area (Å²) in [6.45, 7) is 6.31. The zero-order valence-electron chi connectivity index (χ0n) is 15.6. The number of H-pyrrole nitrogens is 1. The second-order valence-electron chi connectivity index (χ2n) is 6.81. The molecule has 150 valence electrons. The highest BCUT2D eigenvalue weighted by atomic mass is 19.1. The largest absolute Gasteiger partial charge is 0.501 e. The van der Waals surface area contributed by atoms with Gasteiger partial charge in [0.1, 0.15) is 17.3 Å². The maximum absolute atomic E-state index is 13.0. The molecule has 0 spiro atoms. The van der Waals surface area contributed by atoms with Gasteiger partial charge in [-0.25, -0.2) is 9.37 Å². The van der Waals surface area contributed by atoms with Crippen molar-refractivity contribution in [1.29, 1.82) is 0 Å². The van der Waals surface area contributed by atoms with E-state index in [9.17, 15) is 14.3 Å². The van der Waals surface area contributed by atoms with Gasteiger partial charge in [-0.1, -0.05) is 18.7 Å². The smallest absolute Gasteiger partial charge is 0.296 e. The quantitative estimate of drug-likeness (QED) is 0.568. The molecule has 10 heteroatoms. The summed E-state index contributed by atoms with van der Waals surface area (Å²) in [5.41, 5.74) is 1.58. The maximum atomic E-state index is 13.0. The summed E-state index contributed by atoms with van der Waals surface area (Å²) in [4.78, 5) is 19.2. The van der Waals surface area contributed by atoms with Crippen molar-refractivity contribution in [1.82, 2.24) is 35.2 Å². The van der Waals surface area contributed by atoms with Gasteiger partial charge in [-0.15, -0.1) is 0 Å². The Labute approximate surface area is 165 Å². The number of fused-ring (bicyclic) bond motifs is 1. The number of aromatic hydroxyl groups is 1. The monoisotopic (exact) mass is 397 g/mol. The van der Waals surface area contributed by atoms with Gasteiger partial charge in [0.2, 0.25) is 5.75 Å². The van der Waals surface area contributed by atoms with Crippen LogP contribution in [-0.4, -0.2) is 41.5 Å². The Kier molecular flexibility index (Phi) is 5.09. The first-order valence-corrected chi connectivity index (χ1v) is 9.08. The zero-order valence-corrected chi connectivity index (χ0v) is 15.6. The van der Waals surface area contributed by atoms with Gasteiger partial charge in [-0.05, 0) is 17.7 Å². The van der Waals surface area contributed by atoms with Crippen LogP contribution in [-0.2, 0) is 26.2 Å². The summed E-state index contributed by atoms with van der Waals surface area (Å²) in [5, 5.41) is 23.8. The summed E-state index contributed by atoms with van der Waals surface area (Å²) < 4.78 is 14.5. The molecule has 29 heavy (non-hydrogen) atoms. The van der Waals surface area contributed by atoms with Crippen molar-refractivity contribution in [3.05, 3.63) is 76.0 Å². The number of aromatic amines is 1. The Morgan fingerprint density at radius 1 is 1.31 bits per heavy atom. The van der Waals surface area contributed by atoms with Crippen LogP contribution in [0.3, 0.4) is 0 Å². The second-order valence-corrected chi connectivity index (χ2v) is 6.81. The van der Waals surface area contributed by atoms with Crippen LogP contribution < -0.4 is 10.9 Å². The van der Waals surface area contributed by atoms with Crippen molar-refractivity contribution >= 4 is 5.70 Å². The normalized spacial score (nSPS) is 13.8. The van der Waals surface area contributed by atoms with Crippen LogP contribution in [0.4, 0.5) is 4.39 Å². The highest BCUT2D eigenvalue weighted by Crippen LogP contribution is 2.20. The van der Waals surface area contributed by atoms with Gasteiger partial charge in [0.05, 0.1) is 24.1 Å². The van der Waals surface area contributed by atoms with Crippen molar-refractivity contribution < 1.29 is 9.50 Å². The number of benzene rings is 1. The third-order valence-electron chi connectivity index (χ3n) is 4.78. The first-order valence-electron chi connectivity index (χ1n) is 9.08. The van der Waals surface area contributed by atoms with Crippen LogP contribution in [0.15, 0.2) is 41.8 Å². The van der Waals surface area contributed by atoms with E-state index in [0.717, 1.165) is 11.3 Å². The molecular formula is C19H20FN7O2. The molecule has 0 radical (unpaired) electrons. The van der Waals surface area contributed by atoms with E-state index in [1.807, 2.05) is 0 Å². The molecule has 3 aromatic rings. The first kappa shape index (κ1) is 18.8. The van der Waals surface area contributed by atoms with Crippen molar-refractivity contribution in [3.63, 3.8) is 0 Å². The van der Waals surface area contributed by atoms with Gasteiger partial charge in [0.15, 0.2) is 0 Å². The predicted molar refractivity (Wildman–Crippen MR) is 103 cm³/mol. The lowest BCUT2D eigenvalue weighted by Gasteiger charge is -2.28. The molecule has 1 aliphatic rings. The minimum absolute atomic E-state index is 0.117. The molecule has 4 rings (SSSR count). The minimum Gasteiger partial charge on any atom is -0.501 e. The van der Waals surface area contributed by atoms with Crippen molar-refractivity contribution in [2.24, 2.45) is 0 Å². The number of rotatable bonds is 6. The predicted octanol–water partition coefficient (Wildman–Crippen LogP) is 0.982. The van der Waals surface area contributed by atoms with E-state index in [0.29, 0.717) is 44.2 Å². The molecule has 3 N–H and O–H groups in total. The van der Waals surface area contributed by atoms with E-state index in [1.54, 1.807) is 18.3 Å². The summed E-state index contributed by atoms with van der Waals surface area (Å²) in [6, 6.07) is 6.02. The molecule has 2 aromatic heterocycles. The number of nitrogens with one attached hydrogen (secondary N) is 2. The van der Waals surface area contributed by atoms with Gasteiger partial charge < -0.3 is 10.4 Å². The Morgan fingerprint density at radius 2 is 2.10 bits per heavy atom. The van der Waals surface area contributed by atoms with Crippen LogP contribution in [0, 0.1) is 5.82 Å². The Hall–Kier alpha value is -3.53. The van der Waals surface area contributed by atoms with E-state index >= 15 is 0 Å². The highest BCUT2D eigenvalue weighted by molar-refractivity contribution is 5.63. The molecule has 0 bridgehead atoms. The topological polar surface area (TPSA) is 112 Å². The van der Waals surface area contributed by atoms with E-state index in [1.165, 1.54) is 16.7 Å². The average Bonchev–Trinajstić information content (AvgIpc) is 3.23. The molecule has 0 aliphatic carbocycles. The average molecular weight is 397 g/mol. The van der Waals surface area contributed by atoms with Crippen LogP contribution in [0.2, 0.25) is 0 Å². The zero-order chi connectivity index (χ0) is 20.4. The summed E-state index contributed by atoms with van der Waals surface area (Å²) in [5.74, 6) is -0.206. The first-order chi connectivity index (χ1) is 14.0. The molecule has 9 nitrogen and oxygen atoms in total. The van der Waals surface area contributed by atoms with Crippen LogP contribution in [0.1, 0.15) is 22.8 Å². The van der Waals surface area contributed by atoms with Crippen molar-refractivity contribution in [2.75, 3.05) is 6.54 Å². The van der Waals surface area contributed by atoms with Gasteiger partial charge in [0, 0.05) is 26.2 Å². The number of aromatic nitrogens is 5.